The van der Waals surface area contributed by atoms with Gasteiger partial charge in [0.1, 0.15) is 11.9 Å². The second-order valence-electron chi connectivity index (χ2n) is 2.47. The van der Waals surface area contributed by atoms with E-state index in [1.165, 1.54) is 0 Å². The van der Waals surface area contributed by atoms with Crippen LogP contribution in [0.5, 0.6) is 0 Å². The smallest absolute Gasteiger partial charge is 0.184 e. The van der Waals surface area contributed by atoms with E-state index in [-0.39, 0.29) is 0 Å². The molecule has 0 saturated carbocycles. The van der Waals surface area contributed by atoms with Gasteiger partial charge in [-0.05, 0) is 0 Å². The van der Waals surface area contributed by atoms with Crippen molar-refractivity contribution in [2.45, 2.75) is 12.3 Å². The number of allylic oxidation sites excluding steroid dienone is 3. The van der Waals surface area contributed by atoms with E-state index in [1.54, 1.807) is 0 Å². The molecule has 1 unspecified atom stereocenters. The fraction of sp³-hybridized carbons (Fsp3) is 0.250. The van der Waals surface area contributed by atoms with Gasteiger partial charge in [-0.1, -0.05) is 12.7 Å². The second-order valence-corrected chi connectivity index (χ2v) is 2.47. The molecular formula is C8H6F4O. The maximum atomic E-state index is 12.7. The lowest BCUT2D eigenvalue weighted by Crippen LogP contribution is -2.28. The highest BCUT2D eigenvalue weighted by Crippen LogP contribution is 2.35. The second kappa shape index (κ2) is 3.33. The number of aliphatic hydroxyl groups excluding tert-OH is 1. The molecule has 0 spiro atoms. The minimum Gasteiger partial charge on any atom is -0.382 e. The van der Waals surface area contributed by atoms with Crippen molar-refractivity contribution in [3.63, 3.8) is 0 Å². The van der Waals surface area contributed by atoms with E-state index in [1.807, 2.05) is 0 Å². The highest BCUT2D eigenvalue weighted by Gasteiger charge is 2.37. The molecule has 1 N–H and O–H groups in total. The molecule has 0 aromatic rings. The Morgan fingerprint density at radius 2 is 1.77 bits per heavy atom. The molecule has 0 bridgehead atoms. The Bertz CT molecular complexity index is 305. The summed E-state index contributed by atoms with van der Waals surface area (Å²) in [6.45, 7) is 2.99. The molecule has 0 heterocycles. The van der Waals surface area contributed by atoms with Crippen LogP contribution >= 0.6 is 0 Å². The third-order valence-corrected chi connectivity index (χ3v) is 1.69. The summed E-state index contributed by atoms with van der Waals surface area (Å²) in [5.74, 6) is -4.85. The Balaban J connectivity index is 3.26. The van der Waals surface area contributed by atoms with Crippen LogP contribution < -0.4 is 0 Å². The zero-order valence-corrected chi connectivity index (χ0v) is 6.40. The minimum absolute atomic E-state index is 0.655. The highest BCUT2D eigenvalue weighted by molar-refractivity contribution is 5.44. The lowest BCUT2D eigenvalue weighted by molar-refractivity contribution is 0.0859. The Hall–Kier alpha value is -1.10. The molecule has 1 aliphatic carbocycles. The van der Waals surface area contributed by atoms with Crippen LogP contribution in [-0.2, 0) is 0 Å². The van der Waals surface area contributed by atoms with Crippen LogP contribution in [0.2, 0.25) is 0 Å². The van der Waals surface area contributed by atoms with Crippen molar-refractivity contribution in [2.75, 3.05) is 0 Å². The Labute approximate surface area is 71.7 Å². The third kappa shape index (κ3) is 1.39. The first kappa shape index (κ1) is 9.98. The SMILES string of the molecule is C=CC1=C(F)C(F)[C@H](O)C(F)=C1F. The largest absolute Gasteiger partial charge is 0.382 e. The lowest BCUT2D eigenvalue weighted by atomic mass is 10.00. The Kier molecular flexibility index (Phi) is 2.56. The van der Waals surface area contributed by atoms with Crippen molar-refractivity contribution in [1.82, 2.24) is 0 Å². The Morgan fingerprint density at radius 1 is 1.23 bits per heavy atom. The zero-order chi connectivity index (χ0) is 10.2. The van der Waals surface area contributed by atoms with Crippen molar-refractivity contribution in [3.8, 4) is 0 Å². The molecule has 1 aliphatic rings. The van der Waals surface area contributed by atoms with E-state index < -0.39 is 35.3 Å². The van der Waals surface area contributed by atoms with Crippen molar-refractivity contribution in [1.29, 1.82) is 0 Å². The highest BCUT2D eigenvalue weighted by atomic mass is 19.2. The molecule has 1 nitrogen and oxygen atoms in total. The third-order valence-electron chi connectivity index (χ3n) is 1.69. The monoisotopic (exact) mass is 194 g/mol. The van der Waals surface area contributed by atoms with Gasteiger partial charge in [0.05, 0.1) is 0 Å². The first-order valence-electron chi connectivity index (χ1n) is 3.40. The van der Waals surface area contributed by atoms with Crippen LogP contribution in [-0.4, -0.2) is 17.4 Å². The average Bonchev–Trinajstić information content (AvgIpc) is 2.13. The number of halogens is 4. The summed E-state index contributed by atoms with van der Waals surface area (Å²) in [4.78, 5) is 0. The average molecular weight is 194 g/mol. The van der Waals surface area contributed by atoms with Gasteiger partial charge in [0, 0.05) is 5.57 Å². The number of hydrogen-bond donors (Lipinski definition) is 1. The molecule has 0 amide bonds. The van der Waals surface area contributed by atoms with Gasteiger partial charge in [-0.3, -0.25) is 0 Å². The topological polar surface area (TPSA) is 20.2 Å². The normalized spacial score (nSPS) is 29.6. The van der Waals surface area contributed by atoms with Gasteiger partial charge < -0.3 is 5.11 Å². The van der Waals surface area contributed by atoms with Gasteiger partial charge in [-0.25, -0.2) is 17.6 Å². The van der Waals surface area contributed by atoms with Crippen LogP contribution in [0.4, 0.5) is 17.6 Å². The Morgan fingerprint density at radius 3 is 2.23 bits per heavy atom. The molecule has 5 heteroatoms. The molecule has 0 saturated heterocycles. The van der Waals surface area contributed by atoms with Gasteiger partial charge in [-0.15, -0.1) is 0 Å². The van der Waals surface area contributed by atoms with Gasteiger partial charge in [0.15, 0.2) is 17.8 Å². The van der Waals surface area contributed by atoms with Gasteiger partial charge >= 0.3 is 0 Å². The molecular weight excluding hydrogens is 188 g/mol. The molecule has 0 aliphatic heterocycles. The standard InChI is InChI=1S/C8H6F4O/c1-2-3-4(9)6(11)8(13)7(12)5(3)10/h2,6,8,13H,1H2/t6?,8-/m0/s1. The van der Waals surface area contributed by atoms with E-state index in [2.05, 4.69) is 6.58 Å². The molecule has 0 aromatic heterocycles. The van der Waals surface area contributed by atoms with Crippen LogP contribution in [0.15, 0.2) is 35.7 Å². The molecule has 13 heavy (non-hydrogen) atoms. The van der Waals surface area contributed by atoms with Crippen molar-refractivity contribution in [2.24, 2.45) is 0 Å². The van der Waals surface area contributed by atoms with Crippen LogP contribution in [0.3, 0.4) is 0 Å². The zero-order valence-electron chi connectivity index (χ0n) is 6.40. The van der Waals surface area contributed by atoms with Crippen molar-refractivity contribution >= 4 is 0 Å². The molecule has 0 fully saturated rings. The van der Waals surface area contributed by atoms with Crippen molar-refractivity contribution in [3.05, 3.63) is 35.7 Å². The van der Waals surface area contributed by atoms with E-state index in [9.17, 15) is 17.6 Å². The summed E-state index contributed by atoms with van der Waals surface area (Å²) >= 11 is 0. The number of hydrogen-bond acceptors (Lipinski definition) is 1. The quantitative estimate of drug-likeness (QED) is 0.635. The predicted octanol–water partition coefficient (Wildman–Crippen LogP) is 2.26. The molecule has 0 radical (unpaired) electrons. The van der Waals surface area contributed by atoms with Crippen LogP contribution in [0, 0.1) is 0 Å². The minimum atomic E-state index is -2.56. The van der Waals surface area contributed by atoms with E-state index in [0.29, 0.717) is 6.08 Å². The number of rotatable bonds is 1. The summed E-state index contributed by atoms with van der Waals surface area (Å²) in [7, 11) is 0. The summed E-state index contributed by atoms with van der Waals surface area (Å²) < 4.78 is 50.7. The summed E-state index contributed by atoms with van der Waals surface area (Å²) in [6, 6.07) is 0. The maximum absolute atomic E-state index is 12.7. The van der Waals surface area contributed by atoms with E-state index >= 15 is 0 Å². The summed E-state index contributed by atoms with van der Waals surface area (Å²) in [5, 5.41) is 8.64. The van der Waals surface area contributed by atoms with Crippen molar-refractivity contribution < 1.29 is 22.7 Å². The fourth-order valence-electron chi connectivity index (χ4n) is 0.966. The summed E-state index contributed by atoms with van der Waals surface area (Å²) in [5.41, 5.74) is -0.879. The molecule has 0 aromatic carbocycles. The van der Waals surface area contributed by atoms with Gasteiger partial charge in [0.25, 0.3) is 0 Å². The first-order chi connectivity index (χ1) is 6.00. The number of aliphatic hydroxyl groups is 1. The van der Waals surface area contributed by atoms with E-state index in [0.717, 1.165) is 0 Å². The lowest BCUT2D eigenvalue weighted by Gasteiger charge is -2.19. The molecule has 72 valence electrons. The van der Waals surface area contributed by atoms with E-state index in [4.69, 9.17) is 5.11 Å². The summed E-state index contributed by atoms with van der Waals surface area (Å²) in [6.07, 6.45) is -4.31. The molecule has 2 atom stereocenters. The molecule has 1 rings (SSSR count). The fourth-order valence-corrected chi connectivity index (χ4v) is 0.966. The van der Waals surface area contributed by atoms with Gasteiger partial charge in [0.2, 0.25) is 0 Å². The van der Waals surface area contributed by atoms with Gasteiger partial charge in [-0.2, -0.15) is 0 Å². The number of alkyl halides is 1. The maximum Gasteiger partial charge on any atom is 0.184 e. The van der Waals surface area contributed by atoms with Crippen LogP contribution in [0.25, 0.3) is 0 Å². The first-order valence-corrected chi connectivity index (χ1v) is 3.40. The predicted molar refractivity (Wildman–Crippen MR) is 38.5 cm³/mol. The van der Waals surface area contributed by atoms with Crippen LogP contribution in [0.1, 0.15) is 0 Å².